The van der Waals surface area contributed by atoms with Crippen LogP contribution in [0.4, 0.5) is 0 Å². The monoisotopic (exact) mass is 241 g/mol. The molecule has 0 aliphatic heterocycles. The Bertz CT molecular complexity index is 317. The molecule has 0 radical (unpaired) electrons. The van der Waals surface area contributed by atoms with Crippen LogP contribution in [-0.2, 0) is 5.60 Å². The van der Waals surface area contributed by atoms with Crippen LogP contribution in [0.15, 0.2) is 12.1 Å². The van der Waals surface area contributed by atoms with E-state index < -0.39 is 5.60 Å². The van der Waals surface area contributed by atoms with Gasteiger partial charge in [-0.2, -0.15) is 0 Å². The second-order valence-electron chi connectivity index (χ2n) is 5.03. The van der Waals surface area contributed by atoms with Gasteiger partial charge in [-0.25, -0.2) is 0 Å². The van der Waals surface area contributed by atoms with Crippen molar-refractivity contribution in [3.8, 4) is 0 Å². The maximum absolute atomic E-state index is 10.3. The van der Waals surface area contributed by atoms with E-state index in [9.17, 15) is 5.11 Å². The average Bonchev–Trinajstić information content (AvgIpc) is 2.60. The summed E-state index contributed by atoms with van der Waals surface area (Å²) in [6.07, 6.45) is 0.764. The van der Waals surface area contributed by atoms with Gasteiger partial charge in [0.15, 0.2) is 0 Å². The topological polar surface area (TPSA) is 32.3 Å². The van der Waals surface area contributed by atoms with E-state index in [4.69, 9.17) is 0 Å². The highest BCUT2D eigenvalue weighted by atomic mass is 32.1. The van der Waals surface area contributed by atoms with Gasteiger partial charge in [0.2, 0.25) is 0 Å². The molecule has 0 saturated carbocycles. The molecule has 2 N–H and O–H groups in total. The molecule has 0 aromatic carbocycles. The summed E-state index contributed by atoms with van der Waals surface area (Å²) < 4.78 is 0. The fraction of sp³-hybridized carbons (Fsp3) is 0.692. The zero-order valence-corrected chi connectivity index (χ0v) is 11.5. The Morgan fingerprint density at radius 1 is 1.44 bits per heavy atom. The van der Waals surface area contributed by atoms with Gasteiger partial charge in [0.1, 0.15) is 0 Å². The molecule has 16 heavy (non-hydrogen) atoms. The van der Waals surface area contributed by atoms with Crippen LogP contribution in [0.5, 0.6) is 0 Å². The summed E-state index contributed by atoms with van der Waals surface area (Å²) in [5.74, 6) is 0.661. The zero-order chi connectivity index (χ0) is 12.2. The van der Waals surface area contributed by atoms with Crippen molar-refractivity contribution in [3.63, 3.8) is 0 Å². The molecule has 2 nitrogen and oxygen atoms in total. The molecule has 0 aliphatic rings. The van der Waals surface area contributed by atoms with E-state index in [1.807, 2.05) is 13.0 Å². The number of aryl methyl sites for hydroxylation is 1. The van der Waals surface area contributed by atoms with Gasteiger partial charge in [-0.05, 0) is 51.4 Å². The minimum Gasteiger partial charge on any atom is -0.385 e. The molecule has 0 bridgehead atoms. The minimum atomic E-state index is -0.692. The number of aliphatic hydroxyl groups is 1. The van der Waals surface area contributed by atoms with Crippen molar-refractivity contribution < 1.29 is 5.11 Å². The van der Waals surface area contributed by atoms with Crippen molar-refractivity contribution in [3.05, 3.63) is 21.9 Å². The van der Waals surface area contributed by atoms with Gasteiger partial charge in [-0.3, -0.25) is 0 Å². The van der Waals surface area contributed by atoms with E-state index >= 15 is 0 Å². The summed E-state index contributed by atoms with van der Waals surface area (Å²) in [6, 6.07) is 4.10. The lowest BCUT2D eigenvalue weighted by atomic mass is 10.0. The maximum Gasteiger partial charge on any atom is 0.0972 e. The van der Waals surface area contributed by atoms with Crippen molar-refractivity contribution in [1.82, 2.24) is 5.32 Å². The second-order valence-corrected chi connectivity index (χ2v) is 6.32. The highest BCUT2D eigenvalue weighted by Crippen LogP contribution is 2.30. The van der Waals surface area contributed by atoms with Crippen LogP contribution in [-0.4, -0.2) is 18.2 Å². The van der Waals surface area contributed by atoms with Crippen LogP contribution in [0.3, 0.4) is 0 Å². The van der Waals surface area contributed by atoms with E-state index in [1.165, 1.54) is 4.88 Å². The Morgan fingerprint density at radius 2 is 2.12 bits per heavy atom. The fourth-order valence-electron chi connectivity index (χ4n) is 1.57. The fourth-order valence-corrected chi connectivity index (χ4v) is 2.51. The lowest BCUT2D eigenvalue weighted by Gasteiger charge is -2.22. The smallest absolute Gasteiger partial charge is 0.0972 e. The molecular weight excluding hydrogens is 218 g/mol. The first-order chi connectivity index (χ1) is 7.42. The minimum absolute atomic E-state index is 0.661. The first-order valence-electron chi connectivity index (χ1n) is 5.92. The van der Waals surface area contributed by atoms with E-state index in [1.54, 1.807) is 11.3 Å². The van der Waals surface area contributed by atoms with Crippen molar-refractivity contribution in [2.24, 2.45) is 5.92 Å². The van der Waals surface area contributed by atoms with Gasteiger partial charge < -0.3 is 10.4 Å². The molecule has 1 rings (SSSR count). The molecule has 0 aliphatic carbocycles. The molecule has 92 valence electrons. The Labute approximate surface area is 103 Å². The van der Waals surface area contributed by atoms with Crippen molar-refractivity contribution >= 4 is 11.3 Å². The molecule has 0 saturated heterocycles. The molecule has 3 heteroatoms. The van der Waals surface area contributed by atoms with Gasteiger partial charge in [0, 0.05) is 9.75 Å². The highest BCUT2D eigenvalue weighted by molar-refractivity contribution is 7.12. The number of hydrogen-bond acceptors (Lipinski definition) is 3. The first-order valence-corrected chi connectivity index (χ1v) is 6.73. The average molecular weight is 241 g/mol. The molecule has 1 atom stereocenters. The number of thiophene rings is 1. The van der Waals surface area contributed by atoms with E-state index in [-0.39, 0.29) is 0 Å². The van der Waals surface area contributed by atoms with Gasteiger partial charge >= 0.3 is 0 Å². The Kier molecular flexibility index (Phi) is 4.96. The maximum atomic E-state index is 10.3. The summed E-state index contributed by atoms with van der Waals surface area (Å²) in [4.78, 5) is 2.32. The number of rotatable bonds is 6. The highest BCUT2D eigenvalue weighted by Gasteiger charge is 2.23. The van der Waals surface area contributed by atoms with Crippen LogP contribution >= 0.6 is 11.3 Å². The Hall–Kier alpha value is -0.380. The van der Waals surface area contributed by atoms with E-state index in [2.05, 4.69) is 32.2 Å². The van der Waals surface area contributed by atoms with Gasteiger partial charge in [0.05, 0.1) is 5.60 Å². The molecular formula is C13H23NOS. The summed E-state index contributed by atoms with van der Waals surface area (Å²) in [5.41, 5.74) is -0.692. The first kappa shape index (κ1) is 13.7. The van der Waals surface area contributed by atoms with Crippen LogP contribution < -0.4 is 5.32 Å². The predicted octanol–water partition coefficient (Wildman–Crippen LogP) is 2.90. The third-order valence-electron chi connectivity index (χ3n) is 2.61. The molecule has 0 amide bonds. The molecule has 1 aromatic rings. The largest absolute Gasteiger partial charge is 0.385 e. The van der Waals surface area contributed by atoms with Gasteiger partial charge in [0.25, 0.3) is 0 Å². The lowest BCUT2D eigenvalue weighted by Crippen LogP contribution is -2.28. The molecule has 1 unspecified atom stereocenters. The van der Waals surface area contributed by atoms with Crippen molar-refractivity contribution in [2.75, 3.05) is 13.1 Å². The third kappa shape index (κ3) is 4.24. The zero-order valence-electron chi connectivity index (χ0n) is 10.7. The van der Waals surface area contributed by atoms with Crippen LogP contribution in [0, 0.1) is 12.8 Å². The summed E-state index contributed by atoms with van der Waals surface area (Å²) in [6.45, 7) is 10.2. The SMILES string of the molecule is Cc1ccc(C(C)(O)CCNCC(C)C)s1. The standard InChI is InChI=1S/C13H23NOS/c1-10(2)9-14-8-7-13(4,15)12-6-5-11(3)16-12/h5-6,10,14-15H,7-9H2,1-4H3. The number of nitrogens with one attached hydrogen (secondary N) is 1. The van der Waals surface area contributed by atoms with E-state index in [0.717, 1.165) is 24.4 Å². The van der Waals surface area contributed by atoms with E-state index in [0.29, 0.717) is 5.92 Å². The van der Waals surface area contributed by atoms with Crippen LogP contribution in [0.1, 0.15) is 36.9 Å². The van der Waals surface area contributed by atoms with Crippen molar-refractivity contribution in [1.29, 1.82) is 0 Å². The summed E-state index contributed by atoms with van der Waals surface area (Å²) in [7, 11) is 0. The molecule has 1 aromatic heterocycles. The normalized spacial score (nSPS) is 15.4. The lowest BCUT2D eigenvalue weighted by molar-refractivity contribution is 0.0516. The van der Waals surface area contributed by atoms with Crippen LogP contribution in [0.25, 0.3) is 0 Å². The predicted molar refractivity (Wildman–Crippen MR) is 71.0 cm³/mol. The summed E-state index contributed by atoms with van der Waals surface area (Å²) >= 11 is 1.68. The molecule has 0 spiro atoms. The third-order valence-corrected chi connectivity index (χ3v) is 3.87. The summed E-state index contributed by atoms with van der Waals surface area (Å²) in [5, 5.41) is 13.7. The second kappa shape index (κ2) is 5.80. The Balaban J connectivity index is 2.40. The number of hydrogen-bond donors (Lipinski definition) is 2. The Morgan fingerprint density at radius 3 is 2.62 bits per heavy atom. The molecule has 1 heterocycles. The van der Waals surface area contributed by atoms with Crippen molar-refractivity contribution in [2.45, 2.75) is 39.7 Å². The van der Waals surface area contributed by atoms with Gasteiger partial charge in [-0.15, -0.1) is 11.3 Å². The quantitative estimate of drug-likeness (QED) is 0.751. The van der Waals surface area contributed by atoms with Gasteiger partial charge in [-0.1, -0.05) is 13.8 Å². The molecule has 0 fully saturated rings. The van der Waals surface area contributed by atoms with Crippen LogP contribution in [0.2, 0.25) is 0 Å².